The zero-order chi connectivity index (χ0) is 21.9. The van der Waals surface area contributed by atoms with E-state index < -0.39 is 0 Å². The van der Waals surface area contributed by atoms with Crippen LogP contribution in [0.5, 0.6) is 0 Å². The average molecular weight is 431 g/mol. The number of hydrogen-bond donors (Lipinski definition) is 1. The second-order valence-electron chi connectivity index (χ2n) is 9.02. The topological polar surface area (TPSA) is 67.2 Å². The van der Waals surface area contributed by atoms with Gasteiger partial charge in [0.2, 0.25) is 5.95 Å². The van der Waals surface area contributed by atoms with Gasteiger partial charge in [-0.15, -0.1) is 0 Å². The highest BCUT2D eigenvalue weighted by Crippen LogP contribution is 2.22. The van der Waals surface area contributed by atoms with Crippen LogP contribution in [0.1, 0.15) is 60.9 Å². The molecule has 1 saturated carbocycles. The Labute approximate surface area is 188 Å². The summed E-state index contributed by atoms with van der Waals surface area (Å²) in [7, 11) is 0. The highest BCUT2D eigenvalue weighted by molar-refractivity contribution is 5.98. The Morgan fingerprint density at radius 1 is 0.969 bits per heavy atom. The zero-order valence-electron chi connectivity index (χ0n) is 18.4. The molecule has 6 heteroatoms. The maximum absolute atomic E-state index is 13.5. The molecule has 2 fully saturated rings. The summed E-state index contributed by atoms with van der Waals surface area (Å²) in [5.41, 5.74) is 2.18. The third-order valence-corrected chi connectivity index (χ3v) is 6.71. The van der Waals surface area contributed by atoms with E-state index in [1.807, 2.05) is 30.3 Å². The number of nitrogens with one attached hydrogen (secondary N) is 1. The summed E-state index contributed by atoms with van der Waals surface area (Å²) in [5, 5.41) is 3.72. The minimum atomic E-state index is -0.0724. The number of fused-ring (bicyclic) bond motifs is 1. The predicted octanol–water partition coefficient (Wildman–Crippen LogP) is 4.11. The normalized spacial score (nSPS) is 17.1. The summed E-state index contributed by atoms with van der Waals surface area (Å²) in [6.07, 6.45) is 7.88. The van der Waals surface area contributed by atoms with Crippen LogP contribution in [0.15, 0.2) is 53.3 Å². The minimum Gasteiger partial charge on any atom is -0.349 e. The van der Waals surface area contributed by atoms with Gasteiger partial charge < -0.3 is 10.2 Å². The molecule has 6 nitrogen and oxygen atoms in total. The number of nitrogens with zero attached hydrogens (tertiary/aromatic N) is 3. The molecule has 1 saturated heterocycles. The first-order valence-electron chi connectivity index (χ1n) is 11.8. The van der Waals surface area contributed by atoms with Crippen molar-refractivity contribution in [3.63, 3.8) is 0 Å². The smallest absolute Gasteiger partial charge is 0.263 e. The molecule has 166 valence electrons. The van der Waals surface area contributed by atoms with E-state index in [0.29, 0.717) is 29.0 Å². The highest BCUT2D eigenvalue weighted by atomic mass is 16.1. The van der Waals surface area contributed by atoms with Crippen LogP contribution in [0.25, 0.3) is 10.9 Å². The van der Waals surface area contributed by atoms with Crippen LogP contribution in [0.2, 0.25) is 0 Å². The zero-order valence-corrected chi connectivity index (χ0v) is 18.4. The number of rotatable bonds is 5. The van der Waals surface area contributed by atoms with Gasteiger partial charge in [-0.05, 0) is 49.4 Å². The third-order valence-electron chi connectivity index (χ3n) is 6.71. The lowest BCUT2D eigenvalue weighted by Gasteiger charge is -2.23. The monoisotopic (exact) mass is 430 g/mol. The van der Waals surface area contributed by atoms with Crippen LogP contribution in [-0.2, 0) is 6.54 Å². The highest BCUT2D eigenvalue weighted by Gasteiger charge is 2.22. The maximum atomic E-state index is 13.5. The molecule has 1 amide bonds. The summed E-state index contributed by atoms with van der Waals surface area (Å²) in [5.74, 6) is 0.630. The minimum absolute atomic E-state index is 0.0556. The van der Waals surface area contributed by atoms with Gasteiger partial charge in [0.1, 0.15) is 0 Å². The molecule has 5 rings (SSSR count). The van der Waals surface area contributed by atoms with Gasteiger partial charge in [-0.2, -0.15) is 0 Å². The van der Waals surface area contributed by atoms with E-state index in [1.54, 1.807) is 22.8 Å². The molecule has 1 aliphatic heterocycles. The van der Waals surface area contributed by atoms with Crippen molar-refractivity contribution in [2.75, 3.05) is 18.0 Å². The van der Waals surface area contributed by atoms with Crippen molar-refractivity contribution in [2.45, 2.75) is 57.5 Å². The first kappa shape index (κ1) is 20.7. The molecule has 0 atom stereocenters. The molecular weight excluding hydrogens is 400 g/mol. The van der Waals surface area contributed by atoms with Gasteiger partial charge in [-0.1, -0.05) is 49.6 Å². The number of anilines is 1. The van der Waals surface area contributed by atoms with Crippen LogP contribution in [-0.4, -0.2) is 34.6 Å². The number of benzene rings is 2. The van der Waals surface area contributed by atoms with Crippen molar-refractivity contribution in [3.05, 3.63) is 70.0 Å². The van der Waals surface area contributed by atoms with Gasteiger partial charge in [0.05, 0.1) is 17.4 Å². The van der Waals surface area contributed by atoms with E-state index in [-0.39, 0.29) is 17.5 Å². The van der Waals surface area contributed by atoms with E-state index in [4.69, 9.17) is 4.98 Å². The molecule has 0 bridgehead atoms. The Hall–Kier alpha value is -3.15. The molecule has 0 spiro atoms. The van der Waals surface area contributed by atoms with Crippen molar-refractivity contribution < 1.29 is 4.79 Å². The van der Waals surface area contributed by atoms with E-state index in [9.17, 15) is 9.59 Å². The SMILES string of the molecule is O=C(NC1CCCCC1)c1ccc2c(=O)n(Cc3ccccc3)c(N3CCCC3)nc2c1. The lowest BCUT2D eigenvalue weighted by molar-refractivity contribution is 0.0928. The second-order valence-corrected chi connectivity index (χ2v) is 9.02. The van der Waals surface area contributed by atoms with Crippen molar-refractivity contribution in [2.24, 2.45) is 0 Å². The van der Waals surface area contributed by atoms with Gasteiger partial charge in [-0.3, -0.25) is 14.2 Å². The fourth-order valence-corrected chi connectivity index (χ4v) is 4.93. The molecular formula is C26H30N4O2. The van der Waals surface area contributed by atoms with Crippen molar-refractivity contribution in [3.8, 4) is 0 Å². The Kier molecular flexibility index (Phi) is 5.93. The molecule has 0 unspecified atom stereocenters. The fraction of sp³-hybridized carbons (Fsp3) is 0.423. The molecule has 0 radical (unpaired) electrons. The first-order valence-corrected chi connectivity index (χ1v) is 11.8. The Balaban J connectivity index is 1.52. The largest absolute Gasteiger partial charge is 0.349 e. The molecule has 1 N–H and O–H groups in total. The van der Waals surface area contributed by atoms with Crippen LogP contribution < -0.4 is 15.8 Å². The lowest BCUT2D eigenvalue weighted by Crippen LogP contribution is -2.36. The number of amides is 1. The van der Waals surface area contributed by atoms with Gasteiger partial charge in [0.15, 0.2) is 0 Å². The summed E-state index contributed by atoms with van der Waals surface area (Å²) < 4.78 is 1.78. The van der Waals surface area contributed by atoms with E-state index in [1.165, 1.54) is 19.3 Å². The summed E-state index contributed by atoms with van der Waals surface area (Å²) >= 11 is 0. The van der Waals surface area contributed by atoms with Gasteiger partial charge in [0, 0.05) is 24.7 Å². The van der Waals surface area contributed by atoms with Crippen molar-refractivity contribution >= 4 is 22.8 Å². The number of carbonyl (C=O) groups is 1. The number of hydrogen-bond acceptors (Lipinski definition) is 4. The molecule has 1 aromatic heterocycles. The van der Waals surface area contributed by atoms with Gasteiger partial charge in [-0.25, -0.2) is 4.98 Å². The summed E-state index contributed by atoms with van der Waals surface area (Å²) in [6.45, 7) is 2.28. The number of carbonyl (C=O) groups excluding carboxylic acids is 1. The molecule has 32 heavy (non-hydrogen) atoms. The number of aromatic nitrogens is 2. The Morgan fingerprint density at radius 3 is 2.47 bits per heavy atom. The lowest BCUT2D eigenvalue weighted by atomic mass is 9.95. The van der Waals surface area contributed by atoms with E-state index in [2.05, 4.69) is 10.2 Å². The average Bonchev–Trinajstić information content (AvgIpc) is 3.36. The quantitative estimate of drug-likeness (QED) is 0.662. The fourth-order valence-electron chi connectivity index (χ4n) is 4.93. The van der Waals surface area contributed by atoms with Crippen molar-refractivity contribution in [1.82, 2.24) is 14.9 Å². The summed E-state index contributed by atoms with van der Waals surface area (Å²) in [4.78, 5) is 33.5. The van der Waals surface area contributed by atoms with Crippen LogP contribution in [0.4, 0.5) is 5.95 Å². The third kappa shape index (κ3) is 4.27. The van der Waals surface area contributed by atoms with Crippen molar-refractivity contribution in [1.29, 1.82) is 0 Å². The van der Waals surface area contributed by atoms with Gasteiger partial charge in [0.25, 0.3) is 11.5 Å². The second kappa shape index (κ2) is 9.15. The molecule has 1 aliphatic carbocycles. The summed E-state index contributed by atoms with van der Waals surface area (Å²) in [6, 6.07) is 15.6. The van der Waals surface area contributed by atoms with Crippen LogP contribution in [0.3, 0.4) is 0 Å². The Morgan fingerprint density at radius 2 is 1.72 bits per heavy atom. The van der Waals surface area contributed by atoms with Crippen LogP contribution in [0, 0.1) is 0 Å². The molecule has 2 heterocycles. The standard InChI is InChI=1S/C26H30N4O2/c31-24(27-21-11-5-2-6-12-21)20-13-14-22-23(17-20)28-26(29-15-7-8-16-29)30(25(22)32)18-19-9-3-1-4-10-19/h1,3-4,9-10,13-14,17,21H,2,5-8,11-12,15-16,18H2,(H,27,31). The molecule has 2 aromatic carbocycles. The maximum Gasteiger partial charge on any atom is 0.263 e. The van der Waals surface area contributed by atoms with E-state index in [0.717, 1.165) is 44.3 Å². The van der Waals surface area contributed by atoms with Crippen LogP contribution >= 0.6 is 0 Å². The van der Waals surface area contributed by atoms with E-state index >= 15 is 0 Å². The predicted molar refractivity (Wildman–Crippen MR) is 127 cm³/mol. The first-order chi connectivity index (χ1) is 15.7. The molecule has 2 aliphatic rings. The Bertz CT molecular complexity index is 1160. The van der Waals surface area contributed by atoms with Gasteiger partial charge >= 0.3 is 0 Å². The molecule has 3 aromatic rings.